The lowest BCUT2D eigenvalue weighted by Crippen LogP contribution is -2.36. The molecule has 0 saturated carbocycles. The van der Waals surface area contributed by atoms with E-state index in [1.807, 2.05) is 39.0 Å². The van der Waals surface area contributed by atoms with Gasteiger partial charge in [-0.3, -0.25) is 14.4 Å². The Morgan fingerprint density at radius 3 is 2.42 bits per heavy atom. The molecule has 0 bridgehead atoms. The van der Waals surface area contributed by atoms with E-state index in [1.54, 1.807) is 0 Å². The molecule has 2 aromatic rings. The smallest absolute Gasteiger partial charge is 0.274 e. The number of carbonyl (C=O) groups excluding carboxylic acids is 2. The van der Waals surface area contributed by atoms with Gasteiger partial charge in [-0.2, -0.15) is 5.10 Å². The summed E-state index contributed by atoms with van der Waals surface area (Å²) in [5, 5.41) is 6.93. The van der Waals surface area contributed by atoms with Crippen molar-refractivity contribution in [3.05, 3.63) is 57.5 Å². The van der Waals surface area contributed by atoms with Gasteiger partial charge in [-0.25, -0.2) is 4.68 Å². The van der Waals surface area contributed by atoms with E-state index in [2.05, 4.69) is 10.4 Å². The van der Waals surface area contributed by atoms with Crippen molar-refractivity contribution in [3.63, 3.8) is 0 Å². The van der Waals surface area contributed by atoms with Crippen LogP contribution in [0.4, 0.5) is 5.69 Å². The fourth-order valence-corrected chi connectivity index (χ4v) is 2.61. The van der Waals surface area contributed by atoms with Crippen LogP contribution in [-0.2, 0) is 11.3 Å². The van der Waals surface area contributed by atoms with Crippen LogP contribution < -0.4 is 10.9 Å². The third kappa shape index (κ3) is 4.56. The molecule has 1 aromatic heterocycles. The van der Waals surface area contributed by atoms with E-state index >= 15 is 0 Å². The predicted octanol–water partition coefficient (Wildman–Crippen LogP) is 1.98. The highest BCUT2D eigenvalue weighted by molar-refractivity contribution is 5.98. The Balaban J connectivity index is 2.08. The zero-order valence-electron chi connectivity index (χ0n) is 15.6. The summed E-state index contributed by atoms with van der Waals surface area (Å²) in [6, 6.07) is 8.46. The van der Waals surface area contributed by atoms with Crippen molar-refractivity contribution < 1.29 is 9.59 Å². The molecule has 0 saturated heterocycles. The molecule has 7 heteroatoms. The topological polar surface area (TPSA) is 84.3 Å². The monoisotopic (exact) mass is 356 g/mol. The first kappa shape index (κ1) is 19.4. The predicted molar refractivity (Wildman–Crippen MR) is 100 cm³/mol. The Morgan fingerprint density at radius 1 is 1.15 bits per heavy atom. The molecule has 0 atom stereocenters. The third-order valence-electron chi connectivity index (χ3n) is 3.99. The van der Waals surface area contributed by atoms with E-state index in [0.717, 1.165) is 23.2 Å². The fraction of sp³-hybridized carbons (Fsp3) is 0.368. The molecule has 2 amide bonds. The summed E-state index contributed by atoms with van der Waals surface area (Å²) in [6.45, 7) is 6.08. The van der Waals surface area contributed by atoms with Crippen molar-refractivity contribution in [2.75, 3.05) is 18.9 Å². The van der Waals surface area contributed by atoms with Gasteiger partial charge >= 0.3 is 0 Å². The molecule has 0 unspecified atom stereocenters. The molecule has 0 radical (unpaired) electrons. The van der Waals surface area contributed by atoms with E-state index in [1.165, 1.54) is 28.8 Å². The largest absolute Gasteiger partial charge is 0.331 e. The van der Waals surface area contributed by atoms with E-state index in [4.69, 9.17) is 0 Å². The molecule has 0 aliphatic rings. The highest BCUT2D eigenvalue weighted by Gasteiger charge is 2.18. The van der Waals surface area contributed by atoms with Gasteiger partial charge in [0.1, 0.15) is 5.69 Å². The van der Waals surface area contributed by atoms with Crippen LogP contribution in [0.15, 0.2) is 35.1 Å². The second-order valence-corrected chi connectivity index (χ2v) is 6.26. The first-order valence-electron chi connectivity index (χ1n) is 8.53. The molecule has 1 aromatic carbocycles. The summed E-state index contributed by atoms with van der Waals surface area (Å²) in [4.78, 5) is 37.8. The molecule has 0 spiro atoms. The molecule has 0 fully saturated rings. The van der Waals surface area contributed by atoms with Gasteiger partial charge < -0.3 is 10.2 Å². The van der Waals surface area contributed by atoms with Crippen molar-refractivity contribution in [1.29, 1.82) is 0 Å². The number of carbonyl (C=O) groups is 2. The van der Waals surface area contributed by atoms with Gasteiger partial charge in [-0.1, -0.05) is 25.1 Å². The Morgan fingerprint density at radius 2 is 1.81 bits per heavy atom. The second kappa shape index (κ2) is 8.42. The summed E-state index contributed by atoms with van der Waals surface area (Å²) in [7, 11) is 1.53. The number of hydrogen-bond donors (Lipinski definition) is 1. The Labute approximate surface area is 152 Å². The van der Waals surface area contributed by atoms with Gasteiger partial charge in [0.25, 0.3) is 11.5 Å². The first-order chi connectivity index (χ1) is 12.3. The minimum atomic E-state index is -0.411. The van der Waals surface area contributed by atoms with E-state index < -0.39 is 5.91 Å². The number of aromatic nitrogens is 2. The molecular weight excluding hydrogens is 332 g/mol. The molecule has 138 valence electrons. The minimum Gasteiger partial charge on any atom is -0.331 e. The Kier molecular flexibility index (Phi) is 6.27. The summed E-state index contributed by atoms with van der Waals surface area (Å²) >= 11 is 0. The molecule has 26 heavy (non-hydrogen) atoms. The lowest BCUT2D eigenvalue weighted by molar-refractivity contribution is -0.116. The van der Waals surface area contributed by atoms with E-state index in [0.29, 0.717) is 6.54 Å². The normalized spacial score (nSPS) is 10.5. The van der Waals surface area contributed by atoms with Crippen LogP contribution in [0.2, 0.25) is 0 Å². The standard InChI is InChI=1S/C19H24N4O3/c1-5-11-23-17(25)10-9-15(21-23)19(26)22(4)12-16(24)20-18-13(2)7-6-8-14(18)3/h6-10H,5,11-12H2,1-4H3,(H,20,24). The quantitative estimate of drug-likeness (QED) is 0.858. The number of rotatable bonds is 6. The van der Waals surface area contributed by atoms with Crippen LogP contribution in [0.3, 0.4) is 0 Å². The first-order valence-corrected chi connectivity index (χ1v) is 8.53. The number of benzene rings is 1. The van der Waals surface area contributed by atoms with Crippen LogP contribution in [0.25, 0.3) is 0 Å². The summed E-state index contributed by atoms with van der Waals surface area (Å²) < 4.78 is 1.26. The SMILES string of the molecule is CCCn1nc(C(=O)N(C)CC(=O)Nc2c(C)cccc2C)ccc1=O. The zero-order valence-corrected chi connectivity index (χ0v) is 15.6. The molecule has 0 aliphatic carbocycles. The maximum Gasteiger partial charge on any atom is 0.274 e. The van der Waals surface area contributed by atoms with Crippen molar-refractivity contribution in [2.24, 2.45) is 0 Å². The highest BCUT2D eigenvalue weighted by Crippen LogP contribution is 2.19. The molecule has 2 rings (SSSR count). The Hall–Kier alpha value is -2.96. The van der Waals surface area contributed by atoms with Gasteiger partial charge in [0.05, 0.1) is 6.54 Å². The molecule has 0 aliphatic heterocycles. The number of amides is 2. The minimum absolute atomic E-state index is 0.110. The molecular formula is C19H24N4O3. The van der Waals surface area contributed by atoms with Crippen LogP contribution >= 0.6 is 0 Å². The number of hydrogen-bond acceptors (Lipinski definition) is 4. The van der Waals surface area contributed by atoms with Gasteiger partial charge in [0, 0.05) is 25.3 Å². The fourth-order valence-electron chi connectivity index (χ4n) is 2.61. The van der Waals surface area contributed by atoms with Crippen molar-refractivity contribution >= 4 is 17.5 Å². The zero-order chi connectivity index (χ0) is 19.3. The van der Waals surface area contributed by atoms with Crippen LogP contribution in [0.1, 0.15) is 35.0 Å². The third-order valence-corrected chi connectivity index (χ3v) is 3.99. The van der Waals surface area contributed by atoms with E-state index in [9.17, 15) is 14.4 Å². The van der Waals surface area contributed by atoms with Crippen LogP contribution in [0.5, 0.6) is 0 Å². The van der Waals surface area contributed by atoms with Gasteiger partial charge in [0.15, 0.2) is 0 Å². The van der Waals surface area contributed by atoms with Gasteiger partial charge in [-0.05, 0) is 37.5 Å². The van der Waals surface area contributed by atoms with E-state index in [-0.39, 0.29) is 23.7 Å². The van der Waals surface area contributed by atoms with Gasteiger partial charge in [0.2, 0.25) is 5.91 Å². The average molecular weight is 356 g/mol. The summed E-state index contributed by atoms with van der Waals surface area (Å²) in [5.41, 5.74) is 2.56. The number of anilines is 1. The maximum atomic E-state index is 12.5. The summed E-state index contributed by atoms with van der Waals surface area (Å²) in [5.74, 6) is -0.702. The summed E-state index contributed by atoms with van der Waals surface area (Å²) in [6.07, 6.45) is 0.735. The Bertz CT molecular complexity index is 853. The van der Waals surface area contributed by atoms with Crippen LogP contribution in [-0.4, -0.2) is 40.1 Å². The lowest BCUT2D eigenvalue weighted by atomic mass is 10.1. The van der Waals surface area contributed by atoms with Gasteiger partial charge in [-0.15, -0.1) is 0 Å². The number of nitrogens with zero attached hydrogens (tertiary/aromatic N) is 3. The maximum absolute atomic E-state index is 12.5. The van der Waals surface area contributed by atoms with Crippen molar-refractivity contribution in [2.45, 2.75) is 33.7 Å². The number of nitrogens with one attached hydrogen (secondary N) is 1. The lowest BCUT2D eigenvalue weighted by Gasteiger charge is -2.18. The number of likely N-dealkylation sites (N-methyl/N-ethyl adjacent to an activating group) is 1. The number of para-hydroxylation sites is 1. The second-order valence-electron chi connectivity index (χ2n) is 6.26. The number of aryl methyl sites for hydroxylation is 3. The molecule has 1 heterocycles. The molecule has 7 nitrogen and oxygen atoms in total. The van der Waals surface area contributed by atoms with Crippen LogP contribution in [0, 0.1) is 13.8 Å². The molecule has 1 N–H and O–H groups in total. The van der Waals surface area contributed by atoms with Crippen molar-refractivity contribution in [3.8, 4) is 0 Å². The highest BCUT2D eigenvalue weighted by atomic mass is 16.2. The average Bonchev–Trinajstić information content (AvgIpc) is 2.59. The van der Waals surface area contributed by atoms with Crippen molar-refractivity contribution in [1.82, 2.24) is 14.7 Å².